The third kappa shape index (κ3) is 5.28. The summed E-state index contributed by atoms with van der Waals surface area (Å²) in [6.45, 7) is 1.42. The number of amides is 1. The van der Waals surface area contributed by atoms with Crippen LogP contribution in [0.15, 0.2) is 60.3 Å². The van der Waals surface area contributed by atoms with Gasteiger partial charge in [0.05, 0.1) is 12.7 Å². The number of rotatable bonds is 6. The minimum Gasteiger partial charge on any atom is -0.465 e. The van der Waals surface area contributed by atoms with Gasteiger partial charge < -0.3 is 15.4 Å². The SMILES string of the molecule is COC(=O)c1cccc(N/C=C(/C#N)C(=O)Nc2cccc(C(C)=O)c2)c1. The van der Waals surface area contributed by atoms with E-state index >= 15 is 0 Å². The monoisotopic (exact) mass is 363 g/mol. The molecule has 0 heterocycles. The van der Waals surface area contributed by atoms with Gasteiger partial charge in [0.2, 0.25) is 0 Å². The van der Waals surface area contributed by atoms with E-state index in [2.05, 4.69) is 15.4 Å². The number of hydrogen-bond acceptors (Lipinski definition) is 6. The summed E-state index contributed by atoms with van der Waals surface area (Å²) in [6.07, 6.45) is 1.24. The number of ether oxygens (including phenoxy) is 1. The topological polar surface area (TPSA) is 108 Å². The van der Waals surface area contributed by atoms with Gasteiger partial charge >= 0.3 is 5.97 Å². The first kappa shape index (κ1) is 19.4. The first-order valence-electron chi connectivity index (χ1n) is 7.92. The zero-order chi connectivity index (χ0) is 19.8. The Morgan fingerprint density at radius 1 is 1.04 bits per heavy atom. The number of nitrogens with zero attached hydrogens (tertiary/aromatic N) is 1. The molecule has 7 heteroatoms. The van der Waals surface area contributed by atoms with Crippen LogP contribution in [-0.4, -0.2) is 24.8 Å². The quantitative estimate of drug-likeness (QED) is 0.353. The summed E-state index contributed by atoms with van der Waals surface area (Å²) in [5.41, 5.74) is 1.53. The molecule has 2 aromatic carbocycles. The number of methoxy groups -OCH3 is 1. The number of ketones is 1. The van der Waals surface area contributed by atoms with Crippen molar-refractivity contribution >= 4 is 29.0 Å². The maximum absolute atomic E-state index is 12.3. The van der Waals surface area contributed by atoms with Crippen LogP contribution in [0.3, 0.4) is 0 Å². The number of benzene rings is 2. The van der Waals surface area contributed by atoms with Crippen molar-refractivity contribution in [2.45, 2.75) is 6.92 Å². The minimum atomic E-state index is -0.630. The van der Waals surface area contributed by atoms with Crippen LogP contribution in [0.4, 0.5) is 11.4 Å². The Hall–Kier alpha value is -3.92. The fraction of sp³-hybridized carbons (Fsp3) is 0.100. The minimum absolute atomic E-state index is 0.130. The van der Waals surface area contributed by atoms with Crippen LogP contribution in [0.2, 0.25) is 0 Å². The van der Waals surface area contributed by atoms with E-state index in [-0.39, 0.29) is 11.4 Å². The van der Waals surface area contributed by atoms with Crippen molar-refractivity contribution in [1.29, 1.82) is 5.26 Å². The molecule has 0 atom stereocenters. The number of anilines is 2. The molecule has 0 aliphatic heterocycles. The van der Waals surface area contributed by atoms with Gasteiger partial charge in [0.25, 0.3) is 5.91 Å². The van der Waals surface area contributed by atoms with Gasteiger partial charge in [-0.05, 0) is 37.3 Å². The van der Waals surface area contributed by atoms with Crippen LogP contribution >= 0.6 is 0 Å². The lowest BCUT2D eigenvalue weighted by molar-refractivity contribution is -0.112. The summed E-state index contributed by atoms with van der Waals surface area (Å²) in [6, 6.07) is 14.7. The lowest BCUT2D eigenvalue weighted by Gasteiger charge is -2.07. The summed E-state index contributed by atoms with van der Waals surface area (Å²) in [4.78, 5) is 35.2. The number of hydrogen-bond donors (Lipinski definition) is 2. The van der Waals surface area contributed by atoms with Crippen LogP contribution in [0.1, 0.15) is 27.6 Å². The molecule has 2 aromatic rings. The van der Waals surface area contributed by atoms with Gasteiger partial charge in [-0.1, -0.05) is 18.2 Å². The molecule has 0 fully saturated rings. The predicted octanol–water partition coefficient (Wildman–Crippen LogP) is 3.13. The summed E-state index contributed by atoms with van der Waals surface area (Å²) in [7, 11) is 1.28. The summed E-state index contributed by atoms with van der Waals surface area (Å²) < 4.78 is 4.65. The average molecular weight is 363 g/mol. The van der Waals surface area contributed by atoms with Crippen molar-refractivity contribution in [2.24, 2.45) is 0 Å². The maximum Gasteiger partial charge on any atom is 0.337 e. The molecule has 0 aromatic heterocycles. The lowest BCUT2D eigenvalue weighted by atomic mass is 10.1. The third-order valence-electron chi connectivity index (χ3n) is 3.56. The average Bonchev–Trinajstić information content (AvgIpc) is 2.68. The second-order valence-corrected chi connectivity index (χ2v) is 5.48. The largest absolute Gasteiger partial charge is 0.465 e. The Morgan fingerprint density at radius 2 is 1.67 bits per heavy atom. The number of esters is 1. The highest BCUT2D eigenvalue weighted by molar-refractivity contribution is 6.07. The van der Waals surface area contributed by atoms with Gasteiger partial charge in [-0.15, -0.1) is 0 Å². The van der Waals surface area contributed by atoms with Gasteiger partial charge in [-0.3, -0.25) is 9.59 Å². The van der Waals surface area contributed by atoms with Crippen LogP contribution in [-0.2, 0) is 9.53 Å². The van der Waals surface area contributed by atoms with E-state index in [1.54, 1.807) is 42.5 Å². The molecule has 0 bridgehead atoms. The van der Waals surface area contributed by atoms with E-state index in [0.29, 0.717) is 22.5 Å². The highest BCUT2D eigenvalue weighted by Gasteiger charge is 2.11. The Morgan fingerprint density at radius 3 is 2.30 bits per heavy atom. The van der Waals surface area contributed by atoms with E-state index in [1.165, 1.54) is 32.4 Å². The molecule has 2 N–H and O–H groups in total. The molecule has 0 saturated carbocycles. The van der Waals surface area contributed by atoms with E-state index in [0.717, 1.165) is 0 Å². The van der Waals surface area contributed by atoms with Crippen molar-refractivity contribution < 1.29 is 19.1 Å². The first-order chi connectivity index (χ1) is 12.9. The van der Waals surface area contributed by atoms with Gasteiger partial charge in [0.15, 0.2) is 5.78 Å². The van der Waals surface area contributed by atoms with E-state index < -0.39 is 11.9 Å². The van der Waals surface area contributed by atoms with Gasteiger partial charge in [0.1, 0.15) is 11.6 Å². The second-order valence-electron chi connectivity index (χ2n) is 5.48. The van der Waals surface area contributed by atoms with Crippen LogP contribution in [0.5, 0.6) is 0 Å². The number of Topliss-reactive ketones (excluding diaryl/α,β-unsaturated/α-hetero) is 1. The van der Waals surface area contributed by atoms with E-state index in [9.17, 15) is 19.6 Å². The van der Waals surface area contributed by atoms with Crippen LogP contribution < -0.4 is 10.6 Å². The second kappa shape index (κ2) is 8.97. The van der Waals surface area contributed by atoms with Crippen molar-refractivity contribution in [3.05, 3.63) is 71.4 Å². The normalized spacial score (nSPS) is 10.5. The summed E-state index contributed by atoms with van der Waals surface area (Å²) >= 11 is 0. The van der Waals surface area contributed by atoms with Gasteiger partial charge in [0, 0.05) is 23.1 Å². The van der Waals surface area contributed by atoms with Crippen LogP contribution in [0, 0.1) is 11.3 Å². The van der Waals surface area contributed by atoms with Gasteiger partial charge in [-0.25, -0.2) is 4.79 Å². The molecule has 136 valence electrons. The molecular weight excluding hydrogens is 346 g/mol. The third-order valence-corrected chi connectivity index (χ3v) is 3.56. The Kier molecular flexibility index (Phi) is 6.44. The number of nitrogens with one attached hydrogen (secondary N) is 2. The van der Waals surface area contributed by atoms with E-state index in [1.807, 2.05) is 0 Å². The maximum atomic E-state index is 12.3. The van der Waals surface area contributed by atoms with Crippen molar-refractivity contribution in [3.63, 3.8) is 0 Å². The smallest absolute Gasteiger partial charge is 0.337 e. The zero-order valence-corrected chi connectivity index (χ0v) is 14.8. The van der Waals surface area contributed by atoms with Gasteiger partial charge in [-0.2, -0.15) is 5.26 Å². The molecule has 0 unspecified atom stereocenters. The zero-order valence-electron chi connectivity index (χ0n) is 14.8. The molecule has 7 nitrogen and oxygen atoms in total. The fourth-order valence-electron chi connectivity index (χ4n) is 2.17. The summed E-state index contributed by atoms with van der Waals surface area (Å²) in [5, 5.41) is 14.6. The number of carbonyl (C=O) groups excluding carboxylic acids is 3. The number of carbonyl (C=O) groups is 3. The Balaban J connectivity index is 2.13. The van der Waals surface area contributed by atoms with Crippen molar-refractivity contribution in [2.75, 3.05) is 17.7 Å². The molecule has 27 heavy (non-hydrogen) atoms. The highest BCUT2D eigenvalue weighted by Crippen LogP contribution is 2.14. The molecule has 1 amide bonds. The number of nitriles is 1. The molecule has 2 rings (SSSR count). The molecule has 0 aliphatic carbocycles. The predicted molar refractivity (Wildman–Crippen MR) is 100 cm³/mol. The Labute approximate surface area is 156 Å². The van der Waals surface area contributed by atoms with Crippen LogP contribution in [0.25, 0.3) is 0 Å². The highest BCUT2D eigenvalue weighted by atomic mass is 16.5. The first-order valence-corrected chi connectivity index (χ1v) is 7.92. The molecule has 0 saturated heterocycles. The van der Waals surface area contributed by atoms with Crippen molar-refractivity contribution in [3.8, 4) is 6.07 Å². The van der Waals surface area contributed by atoms with E-state index in [4.69, 9.17) is 0 Å². The fourth-order valence-corrected chi connectivity index (χ4v) is 2.17. The molecular formula is C20H17N3O4. The summed E-state index contributed by atoms with van der Waals surface area (Å²) in [5.74, 6) is -1.25. The molecule has 0 spiro atoms. The Bertz CT molecular complexity index is 958. The van der Waals surface area contributed by atoms with Crippen molar-refractivity contribution in [1.82, 2.24) is 0 Å². The molecule has 0 aliphatic rings. The standard InChI is InChI=1S/C20H17N3O4/c1-13(24)14-5-3-8-18(9-14)23-19(25)16(11-21)12-22-17-7-4-6-15(10-17)20(26)27-2/h3-10,12,22H,1-2H3,(H,23,25)/b16-12-. The molecule has 0 radical (unpaired) electrons. The lowest BCUT2D eigenvalue weighted by Crippen LogP contribution is -2.15.